The Kier molecular flexibility index (Phi) is 3.95. The molecule has 6 nitrogen and oxygen atoms in total. The van der Waals surface area contributed by atoms with Crippen LogP contribution in [-0.2, 0) is 4.74 Å². The molecule has 3 N–H and O–H groups in total. The van der Waals surface area contributed by atoms with Crippen LogP contribution in [0.25, 0.3) is 10.2 Å². The molecule has 1 unspecified atom stereocenters. The Morgan fingerprint density at radius 1 is 1.56 bits per heavy atom. The number of rotatable bonds is 5. The predicted octanol–water partition coefficient (Wildman–Crippen LogP) is 0.717. The highest BCUT2D eigenvalue weighted by Gasteiger charge is 2.14. The summed E-state index contributed by atoms with van der Waals surface area (Å²) in [7, 11) is 3.42. The number of nitrogens with two attached hydrogens (primary N) is 1. The molecule has 0 aromatic carbocycles. The molecule has 0 aliphatic rings. The van der Waals surface area contributed by atoms with E-state index in [0.29, 0.717) is 13.2 Å². The number of aliphatic hydroxyl groups excluding tert-OH is 1. The van der Waals surface area contributed by atoms with Gasteiger partial charge in [-0.05, 0) is 11.4 Å². The fourth-order valence-electron chi connectivity index (χ4n) is 1.77. The van der Waals surface area contributed by atoms with E-state index in [2.05, 4.69) is 9.97 Å². The number of aliphatic hydroxyl groups is 1. The zero-order chi connectivity index (χ0) is 13.1. The van der Waals surface area contributed by atoms with Gasteiger partial charge in [-0.2, -0.15) is 4.98 Å². The van der Waals surface area contributed by atoms with E-state index < -0.39 is 6.10 Å². The zero-order valence-electron chi connectivity index (χ0n) is 10.3. The van der Waals surface area contributed by atoms with Crippen molar-refractivity contribution >= 4 is 33.3 Å². The van der Waals surface area contributed by atoms with Crippen molar-refractivity contribution in [3.05, 3.63) is 11.4 Å². The summed E-state index contributed by atoms with van der Waals surface area (Å²) in [6, 6.07) is 1.90. The lowest BCUT2D eigenvalue weighted by Crippen LogP contribution is -2.32. The topological polar surface area (TPSA) is 84.5 Å². The van der Waals surface area contributed by atoms with E-state index in [1.54, 1.807) is 18.4 Å². The summed E-state index contributed by atoms with van der Waals surface area (Å²) in [6.45, 7) is 0.718. The minimum atomic E-state index is -0.564. The second kappa shape index (κ2) is 5.47. The molecule has 0 saturated carbocycles. The van der Waals surface area contributed by atoms with Crippen LogP contribution in [0.15, 0.2) is 11.4 Å². The van der Waals surface area contributed by atoms with Gasteiger partial charge in [-0.15, -0.1) is 11.3 Å². The van der Waals surface area contributed by atoms with E-state index in [4.69, 9.17) is 10.5 Å². The number of aromatic nitrogens is 2. The van der Waals surface area contributed by atoms with Gasteiger partial charge in [-0.25, -0.2) is 4.98 Å². The van der Waals surface area contributed by atoms with Crippen LogP contribution in [0, 0.1) is 0 Å². The molecule has 18 heavy (non-hydrogen) atoms. The van der Waals surface area contributed by atoms with Crippen LogP contribution in [0.1, 0.15) is 0 Å². The lowest BCUT2D eigenvalue weighted by molar-refractivity contribution is 0.0694. The van der Waals surface area contributed by atoms with Gasteiger partial charge in [-0.3, -0.25) is 0 Å². The molecule has 2 aromatic heterocycles. The predicted molar refractivity (Wildman–Crippen MR) is 73.0 cm³/mol. The maximum atomic E-state index is 9.73. The minimum Gasteiger partial charge on any atom is -0.389 e. The van der Waals surface area contributed by atoms with Gasteiger partial charge < -0.3 is 20.5 Å². The van der Waals surface area contributed by atoms with Crippen LogP contribution in [0.3, 0.4) is 0 Å². The van der Waals surface area contributed by atoms with E-state index in [1.807, 2.05) is 23.4 Å². The number of nitrogen functional groups attached to an aromatic ring is 1. The van der Waals surface area contributed by atoms with Crippen molar-refractivity contribution in [1.82, 2.24) is 9.97 Å². The molecule has 0 aliphatic heterocycles. The molecule has 0 saturated heterocycles. The Morgan fingerprint density at radius 2 is 2.33 bits per heavy atom. The lowest BCUT2D eigenvalue weighted by atomic mass is 10.3. The molecule has 0 fully saturated rings. The Morgan fingerprint density at radius 3 is 3.06 bits per heavy atom. The van der Waals surface area contributed by atoms with Crippen LogP contribution in [0.5, 0.6) is 0 Å². The van der Waals surface area contributed by atoms with E-state index in [1.165, 1.54) is 0 Å². The molecule has 0 spiro atoms. The molecule has 2 rings (SSSR count). The molecule has 2 aromatic rings. The minimum absolute atomic E-state index is 0.240. The van der Waals surface area contributed by atoms with Crippen molar-refractivity contribution in [2.24, 2.45) is 0 Å². The molecule has 7 heteroatoms. The summed E-state index contributed by atoms with van der Waals surface area (Å²) >= 11 is 1.56. The van der Waals surface area contributed by atoms with E-state index in [0.717, 1.165) is 16.0 Å². The summed E-state index contributed by atoms with van der Waals surface area (Å²) in [6.07, 6.45) is -0.564. The van der Waals surface area contributed by atoms with Gasteiger partial charge in [0.2, 0.25) is 5.95 Å². The number of ether oxygens (including phenoxy) is 1. The van der Waals surface area contributed by atoms with Gasteiger partial charge in [0.25, 0.3) is 0 Å². The highest BCUT2D eigenvalue weighted by Crippen LogP contribution is 2.28. The molecular weight excluding hydrogens is 252 g/mol. The molecule has 0 radical (unpaired) electrons. The first-order chi connectivity index (χ1) is 8.61. The first-order valence-electron chi connectivity index (χ1n) is 5.50. The SMILES string of the molecule is COCC(O)CN(C)c1nc(N)nc2ccsc12. The van der Waals surface area contributed by atoms with Crippen molar-refractivity contribution in [2.45, 2.75) is 6.10 Å². The maximum Gasteiger partial charge on any atom is 0.222 e. The van der Waals surface area contributed by atoms with Crippen LogP contribution >= 0.6 is 11.3 Å². The highest BCUT2D eigenvalue weighted by molar-refractivity contribution is 7.17. The van der Waals surface area contributed by atoms with Crippen LogP contribution < -0.4 is 10.6 Å². The normalized spacial score (nSPS) is 12.8. The Hall–Kier alpha value is -1.44. The van der Waals surface area contributed by atoms with Gasteiger partial charge in [0.1, 0.15) is 0 Å². The van der Waals surface area contributed by atoms with Crippen molar-refractivity contribution < 1.29 is 9.84 Å². The number of fused-ring (bicyclic) bond motifs is 1. The Bertz CT molecular complexity index is 531. The molecule has 1 atom stereocenters. The van der Waals surface area contributed by atoms with Gasteiger partial charge in [0, 0.05) is 20.7 Å². The summed E-state index contributed by atoms with van der Waals surface area (Å²) in [4.78, 5) is 10.3. The summed E-state index contributed by atoms with van der Waals surface area (Å²) in [5.74, 6) is 0.978. The van der Waals surface area contributed by atoms with Crippen LogP contribution in [0.2, 0.25) is 0 Å². The molecule has 0 bridgehead atoms. The number of methoxy groups -OCH3 is 1. The fraction of sp³-hybridized carbons (Fsp3) is 0.455. The Labute approximate surface area is 109 Å². The number of thiophene rings is 1. The molecule has 0 aliphatic carbocycles. The fourth-order valence-corrected chi connectivity index (χ4v) is 2.65. The first-order valence-corrected chi connectivity index (χ1v) is 6.38. The quantitative estimate of drug-likeness (QED) is 0.831. The number of nitrogens with zero attached hydrogens (tertiary/aromatic N) is 3. The van der Waals surface area contributed by atoms with Crippen LogP contribution in [-0.4, -0.2) is 48.5 Å². The smallest absolute Gasteiger partial charge is 0.222 e. The van der Waals surface area contributed by atoms with Crippen molar-refractivity contribution in [2.75, 3.05) is 37.9 Å². The molecule has 2 heterocycles. The summed E-state index contributed by atoms with van der Waals surface area (Å²) < 4.78 is 5.87. The van der Waals surface area contributed by atoms with Crippen molar-refractivity contribution in [3.8, 4) is 0 Å². The van der Waals surface area contributed by atoms with E-state index in [-0.39, 0.29) is 5.95 Å². The third-order valence-corrected chi connectivity index (χ3v) is 3.41. The maximum absolute atomic E-state index is 9.73. The second-order valence-corrected chi connectivity index (χ2v) is 4.95. The third kappa shape index (κ3) is 2.69. The van der Waals surface area contributed by atoms with E-state index in [9.17, 15) is 5.11 Å². The number of hydrogen-bond acceptors (Lipinski definition) is 7. The van der Waals surface area contributed by atoms with Crippen molar-refractivity contribution in [3.63, 3.8) is 0 Å². The standard InChI is InChI=1S/C11H16N4O2S/c1-15(5-7(16)6-17-2)10-9-8(3-4-18-9)13-11(12)14-10/h3-4,7,16H,5-6H2,1-2H3,(H2,12,13,14). The average Bonchev–Trinajstić information content (AvgIpc) is 2.75. The van der Waals surface area contributed by atoms with Gasteiger partial charge in [0.05, 0.1) is 22.9 Å². The number of anilines is 2. The zero-order valence-corrected chi connectivity index (χ0v) is 11.1. The number of hydrogen-bond donors (Lipinski definition) is 2. The second-order valence-electron chi connectivity index (χ2n) is 4.03. The molecular formula is C11H16N4O2S. The molecule has 98 valence electrons. The van der Waals surface area contributed by atoms with Gasteiger partial charge in [-0.1, -0.05) is 0 Å². The summed E-state index contributed by atoms with van der Waals surface area (Å²) in [5.41, 5.74) is 6.51. The van der Waals surface area contributed by atoms with Crippen LogP contribution in [0.4, 0.5) is 11.8 Å². The Balaban J connectivity index is 2.26. The van der Waals surface area contributed by atoms with Gasteiger partial charge in [0.15, 0.2) is 5.82 Å². The lowest BCUT2D eigenvalue weighted by Gasteiger charge is -2.21. The monoisotopic (exact) mass is 268 g/mol. The molecule has 0 amide bonds. The highest BCUT2D eigenvalue weighted by atomic mass is 32.1. The largest absolute Gasteiger partial charge is 0.389 e. The van der Waals surface area contributed by atoms with E-state index >= 15 is 0 Å². The van der Waals surface area contributed by atoms with Gasteiger partial charge >= 0.3 is 0 Å². The average molecular weight is 268 g/mol. The summed E-state index contributed by atoms with van der Waals surface area (Å²) in [5, 5.41) is 11.7. The van der Waals surface area contributed by atoms with Crippen molar-refractivity contribution in [1.29, 1.82) is 0 Å². The first kappa shape index (κ1) is 13.0. The third-order valence-electron chi connectivity index (χ3n) is 2.51. The number of likely N-dealkylation sites (N-methyl/N-ethyl adjacent to an activating group) is 1.